The first kappa shape index (κ1) is 14.0. The van der Waals surface area contributed by atoms with Crippen LogP contribution in [0.4, 0.5) is 0 Å². The number of hydrogen-bond acceptors (Lipinski definition) is 3. The third kappa shape index (κ3) is 3.33. The van der Waals surface area contributed by atoms with Crippen molar-refractivity contribution >= 4 is 10.9 Å². The van der Waals surface area contributed by atoms with Crippen molar-refractivity contribution in [3.05, 3.63) is 30.0 Å². The van der Waals surface area contributed by atoms with E-state index in [1.807, 2.05) is 18.3 Å². The third-order valence-corrected chi connectivity index (χ3v) is 3.82. The number of nitrogens with one attached hydrogen (secondary N) is 2. The predicted octanol–water partition coefficient (Wildman–Crippen LogP) is 2.45. The molecule has 19 heavy (non-hydrogen) atoms. The number of rotatable bonds is 7. The highest BCUT2D eigenvalue weighted by Crippen LogP contribution is 2.16. The number of H-pyrrole nitrogens is 1. The molecule has 0 aliphatic heterocycles. The summed E-state index contributed by atoms with van der Waals surface area (Å²) in [4.78, 5) is 0. The van der Waals surface area contributed by atoms with Gasteiger partial charge < -0.3 is 10.4 Å². The second-order valence-corrected chi connectivity index (χ2v) is 5.03. The summed E-state index contributed by atoms with van der Waals surface area (Å²) in [6.45, 7) is 5.64. The molecule has 0 aliphatic carbocycles. The number of aromatic amines is 1. The van der Waals surface area contributed by atoms with Gasteiger partial charge in [0.15, 0.2) is 0 Å². The van der Waals surface area contributed by atoms with Crippen molar-refractivity contribution in [2.45, 2.75) is 39.3 Å². The van der Waals surface area contributed by atoms with E-state index in [0.29, 0.717) is 12.5 Å². The van der Waals surface area contributed by atoms with Crippen molar-refractivity contribution in [3.8, 4) is 0 Å². The molecule has 4 nitrogen and oxygen atoms in total. The Morgan fingerprint density at radius 3 is 2.84 bits per heavy atom. The molecule has 2 aromatic rings. The van der Waals surface area contributed by atoms with E-state index in [-0.39, 0.29) is 6.10 Å². The topological polar surface area (TPSA) is 60.9 Å². The van der Waals surface area contributed by atoms with Crippen LogP contribution in [0.25, 0.3) is 10.9 Å². The molecule has 0 saturated heterocycles. The molecule has 1 unspecified atom stereocenters. The molecular weight excluding hydrogens is 238 g/mol. The van der Waals surface area contributed by atoms with Crippen LogP contribution in [0.5, 0.6) is 0 Å². The molecule has 0 amide bonds. The number of nitrogens with zero attached hydrogens (tertiary/aromatic N) is 1. The number of hydrogen-bond donors (Lipinski definition) is 3. The molecule has 1 aromatic heterocycles. The van der Waals surface area contributed by atoms with Crippen molar-refractivity contribution in [1.29, 1.82) is 0 Å². The molecule has 0 aliphatic rings. The predicted molar refractivity (Wildman–Crippen MR) is 77.9 cm³/mol. The maximum absolute atomic E-state index is 10.1. The summed E-state index contributed by atoms with van der Waals surface area (Å²) in [7, 11) is 0. The fourth-order valence-electron chi connectivity index (χ4n) is 2.53. The normalized spacial score (nSPS) is 13.3. The van der Waals surface area contributed by atoms with E-state index >= 15 is 0 Å². The summed E-state index contributed by atoms with van der Waals surface area (Å²) in [5, 5.41) is 21.6. The van der Waals surface area contributed by atoms with Crippen molar-refractivity contribution < 1.29 is 5.11 Å². The quantitative estimate of drug-likeness (QED) is 0.717. The molecular formula is C15H23N3O. The Hall–Kier alpha value is -1.39. The van der Waals surface area contributed by atoms with Gasteiger partial charge in [0.05, 0.1) is 17.8 Å². The van der Waals surface area contributed by atoms with Crippen molar-refractivity contribution in [3.63, 3.8) is 0 Å². The highest BCUT2D eigenvalue weighted by molar-refractivity contribution is 5.81. The van der Waals surface area contributed by atoms with Crippen LogP contribution in [0.1, 0.15) is 32.3 Å². The van der Waals surface area contributed by atoms with E-state index in [2.05, 4.69) is 35.4 Å². The lowest BCUT2D eigenvalue weighted by Gasteiger charge is -2.20. The zero-order chi connectivity index (χ0) is 13.7. The summed E-state index contributed by atoms with van der Waals surface area (Å²) in [5.74, 6) is 0.385. The van der Waals surface area contributed by atoms with E-state index in [9.17, 15) is 5.11 Å². The smallest absolute Gasteiger partial charge is 0.0695 e. The third-order valence-electron chi connectivity index (χ3n) is 3.82. The molecule has 0 fully saturated rings. The van der Waals surface area contributed by atoms with E-state index in [4.69, 9.17) is 0 Å². The zero-order valence-corrected chi connectivity index (χ0v) is 11.7. The first-order valence-corrected chi connectivity index (χ1v) is 7.06. The molecule has 4 heteroatoms. The van der Waals surface area contributed by atoms with Gasteiger partial charge in [-0.25, -0.2) is 0 Å². The Morgan fingerprint density at radius 2 is 2.11 bits per heavy atom. The molecule has 1 heterocycles. The minimum absolute atomic E-state index is 0.268. The highest BCUT2D eigenvalue weighted by atomic mass is 16.3. The van der Waals surface area contributed by atoms with E-state index in [0.717, 1.165) is 30.3 Å². The van der Waals surface area contributed by atoms with Crippen LogP contribution in [-0.4, -0.2) is 28.0 Å². The summed E-state index contributed by atoms with van der Waals surface area (Å²) < 4.78 is 0. The van der Waals surface area contributed by atoms with Gasteiger partial charge in [-0.3, -0.25) is 5.10 Å². The fraction of sp³-hybridized carbons (Fsp3) is 0.533. The van der Waals surface area contributed by atoms with Crippen molar-refractivity contribution in [2.75, 3.05) is 6.54 Å². The van der Waals surface area contributed by atoms with Crippen LogP contribution in [0.2, 0.25) is 0 Å². The highest BCUT2D eigenvalue weighted by Gasteiger charge is 2.14. The van der Waals surface area contributed by atoms with Gasteiger partial charge in [-0.15, -0.1) is 0 Å². The maximum atomic E-state index is 10.1. The summed E-state index contributed by atoms with van der Waals surface area (Å²) in [6.07, 6.45) is 3.61. The molecule has 1 aromatic carbocycles. The minimum Gasteiger partial charge on any atom is -0.392 e. The summed E-state index contributed by atoms with van der Waals surface area (Å²) >= 11 is 0. The minimum atomic E-state index is -0.268. The van der Waals surface area contributed by atoms with Crippen LogP contribution < -0.4 is 5.32 Å². The van der Waals surface area contributed by atoms with Gasteiger partial charge in [0.25, 0.3) is 0 Å². The van der Waals surface area contributed by atoms with Crippen molar-refractivity contribution in [2.24, 2.45) is 5.92 Å². The summed E-state index contributed by atoms with van der Waals surface area (Å²) in [6, 6.07) is 6.16. The van der Waals surface area contributed by atoms with Crippen LogP contribution in [-0.2, 0) is 6.54 Å². The largest absolute Gasteiger partial charge is 0.392 e. The second-order valence-electron chi connectivity index (χ2n) is 5.03. The van der Waals surface area contributed by atoms with E-state index in [1.165, 1.54) is 5.56 Å². The number of benzene rings is 1. The van der Waals surface area contributed by atoms with Crippen LogP contribution in [0, 0.1) is 5.92 Å². The lowest BCUT2D eigenvalue weighted by atomic mass is 9.96. The Kier molecular flexibility index (Phi) is 4.93. The first-order valence-electron chi connectivity index (χ1n) is 7.06. The van der Waals surface area contributed by atoms with Crippen LogP contribution >= 0.6 is 0 Å². The number of aliphatic hydroxyl groups excluding tert-OH is 1. The molecule has 104 valence electrons. The van der Waals surface area contributed by atoms with E-state index < -0.39 is 0 Å². The SMILES string of the molecule is CCC(CC)C(O)CNCc1cccc2cn[nH]c12. The lowest BCUT2D eigenvalue weighted by molar-refractivity contribution is 0.101. The molecule has 0 saturated carbocycles. The zero-order valence-electron chi connectivity index (χ0n) is 11.7. The Morgan fingerprint density at radius 1 is 1.32 bits per heavy atom. The van der Waals surface area contributed by atoms with Crippen molar-refractivity contribution in [1.82, 2.24) is 15.5 Å². The molecule has 2 rings (SSSR count). The standard InChI is InChI=1S/C15H23N3O/c1-3-11(4-2)14(19)10-16-8-12-6-5-7-13-9-17-18-15(12)13/h5-7,9,11,14,16,19H,3-4,8,10H2,1-2H3,(H,17,18). The first-order chi connectivity index (χ1) is 9.26. The lowest BCUT2D eigenvalue weighted by Crippen LogP contribution is -2.32. The average Bonchev–Trinajstić information content (AvgIpc) is 2.89. The Balaban J connectivity index is 1.90. The molecule has 3 N–H and O–H groups in total. The number of aliphatic hydroxyl groups is 1. The van der Waals surface area contributed by atoms with Gasteiger partial charge in [-0.05, 0) is 11.5 Å². The second kappa shape index (κ2) is 6.68. The number of aromatic nitrogens is 2. The van der Waals surface area contributed by atoms with Crippen LogP contribution in [0.15, 0.2) is 24.4 Å². The molecule has 0 bridgehead atoms. The van der Waals surface area contributed by atoms with Crippen LogP contribution in [0.3, 0.4) is 0 Å². The molecule has 1 atom stereocenters. The summed E-state index contributed by atoms with van der Waals surface area (Å²) in [5.41, 5.74) is 2.26. The fourth-order valence-corrected chi connectivity index (χ4v) is 2.53. The van der Waals surface area contributed by atoms with Gasteiger partial charge in [-0.1, -0.05) is 44.9 Å². The Bertz CT molecular complexity index is 505. The number of para-hydroxylation sites is 1. The average molecular weight is 261 g/mol. The number of fused-ring (bicyclic) bond motifs is 1. The Labute approximate surface area is 114 Å². The monoisotopic (exact) mass is 261 g/mol. The van der Waals surface area contributed by atoms with Gasteiger partial charge in [0.2, 0.25) is 0 Å². The van der Waals surface area contributed by atoms with Gasteiger partial charge in [0, 0.05) is 18.5 Å². The van der Waals surface area contributed by atoms with Gasteiger partial charge >= 0.3 is 0 Å². The van der Waals surface area contributed by atoms with E-state index in [1.54, 1.807) is 0 Å². The van der Waals surface area contributed by atoms with Gasteiger partial charge in [0.1, 0.15) is 0 Å². The maximum Gasteiger partial charge on any atom is 0.0695 e. The van der Waals surface area contributed by atoms with Gasteiger partial charge in [-0.2, -0.15) is 5.10 Å². The molecule has 0 radical (unpaired) electrons. The molecule has 0 spiro atoms.